The van der Waals surface area contributed by atoms with Gasteiger partial charge in [-0.2, -0.15) is 9.90 Å². The minimum Gasteiger partial charge on any atom is -0.412 e. The van der Waals surface area contributed by atoms with Crippen LogP contribution in [0.2, 0.25) is 0 Å². The maximum Gasteiger partial charge on any atom is 0.631 e. The van der Waals surface area contributed by atoms with Gasteiger partial charge in [-0.05, 0) is 0 Å². The van der Waals surface area contributed by atoms with Crippen LogP contribution in [0.25, 0.3) is 0 Å². The molecule has 0 fully saturated rings. The van der Waals surface area contributed by atoms with Gasteiger partial charge in [-0.1, -0.05) is 0 Å². The summed E-state index contributed by atoms with van der Waals surface area (Å²) >= 11 is 0. The Morgan fingerprint density at radius 1 is 1.00 bits per heavy atom. The lowest BCUT2D eigenvalue weighted by atomic mass is 10.3. The summed E-state index contributed by atoms with van der Waals surface area (Å²) in [6, 6.07) is 0. The van der Waals surface area contributed by atoms with E-state index in [2.05, 4.69) is 0 Å². The fraction of sp³-hybridized carbons (Fsp3) is 0. The standard InChI is InChI=1S/BH3O3.H2O.H3P/c2-1(3)4;;/h2-4H;1H2;1H3. The van der Waals surface area contributed by atoms with E-state index in [0.717, 1.165) is 0 Å². The van der Waals surface area contributed by atoms with Crippen molar-refractivity contribution in [1.29, 1.82) is 0 Å². The number of hydrogen-bond acceptors (Lipinski definition) is 3. The van der Waals surface area contributed by atoms with E-state index in [4.69, 9.17) is 15.1 Å². The van der Waals surface area contributed by atoms with Gasteiger partial charge >= 0.3 is 7.32 Å². The van der Waals surface area contributed by atoms with E-state index in [1.54, 1.807) is 0 Å². The zero-order valence-electron chi connectivity index (χ0n) is 3.13. The van der Waals surface area contributed by atoms with Crippen molar-refractivity contribution < 1.29 is 20.5 Å². The van der Waals surface area contributed by atoms with Gasteiger partial charge in [0.15, 0.2) is 0 Å². The zero-order valence-corrected chi connectivity index (χ0v) is 4.54. The number of rotatable bonds is 0. The lowest BCUT2D eigenvalue weighted by Gasteiger charge is -1.69. The smallest absolute Gasteiger partial charge is 0.412 e. The fourth-order valence-electron chi connectivity index (χ4n) is 0. The summed E-state index contributed by atoms with van der Waals surface area (Å²) in [5, 5.41) is 21.5. The van der Waals surface area contributed by atoms with E-state index in [9.17, 15) is 0 Å². The van der Waals surface area contributed by atoms with Crippen LogP contribution in [0.3, 0.4) is 0 Å². The molecule has 0 spiro atoms. The second kappa shape index (κ2) is 9.01. The van der Waals surface area contributed by atoms with Gasteiger partial charge in [-0.15, -0.1) is 0 Å². The van der Waals surface area contributed by atoms with Crippen molar-refractivity contribution in [3.8, 4) is 0 Å². The van der Waals surface area contributed by atoms with Crippen molar-refractivity contribution in [1.82, 2.24) is 0 Å². The van der Waals surface area contributed by atoms with Gasteiger partial charge < -0.3 is 20.5 Å². The highest BCUT2D eigenvalue weighted by Gasteiger charge is 1.92. The normalized spacial score (nSPS) is 4.50. The van der Waals surface area contributed by atoms with Crippen LogP contribution in [0.5, 0.6) is 0 Å². The van der Waals surface area contributed by atoms with Crippen molar-refractivity contribution in [2.24, 2.45) is 0 Å². The van der Waals surface area contributed by atoms with Crippen molar-refractivity contribution in [3.63, 3.8) is 0 Å². The van der Waals surface area contributed by atoms with Crippen LogP contribution in [0, 0.1) is 0 Å². The van der Waals surface area contributed by atoms with Crippen LogP contribution in [-0.2, 0) is 0 Å². The van der Waals surface area contributed by atoms with Gasteiger partial charge in [-0.3, -0.25) is 0 Å². The molecule has 0 bridgehead atoms. The quantitative estimate of drug-likeness (QED) is 0.234. The maximum absolute atomic E-state index is 7.17. The van der Waals surface area contributed by atoms with Crippen molar-refractivity contribution in [2.45, 2.75) is 0 Å². The largest absolute Gasteiger partial charge is 0.631 e. The first-order valence-corrected chi connectivity index (χ1v) is 0.775. The molecule has 6 heteroatoms. The minimum atomic E-state index is -2.17. The summed E-state index contributed by atoms with van der Waals surface area (Å²) in [7, 11) is -2.17. The molecule has 0 aliphatic rings. The van der Waals surface area contributed by atoms with Crippen LogP contribution < -0.4 is 0 Å². The first kappa shape index (κ1) is 16.2. The van der Waals surface area contributed by atoms with Gasteiger partial charge in [0.05, 0.1) is 0 Å². The molecule has 0 aliphatic carbocycles. The first-order valence-electron chi connectivity index (χ1n) is 0.775. The highest BCUT2D eigenvalue weighted by atomic mass is 31.0. The molecule has 0 aliphatic heterocycles. The molecule has 6 heavy (non-hydrogen) atoms. The summed E-state index contributed by atoms with van der Waals surface area (Å²) in [6.45, 7) is 0. The van der Waals surface area contributed by atoms with Crippen LogP contribution in [0.4, 0.5) is 0 Å². The third-order valence-corrected chi connectivity index (χ3v) is 0. The van der Waals surface area contributed by atoms with Gasteiger partial charge in [0, 0.05) is 0 Å². The van der Waals surface area contributed by atoms with E-state index in [0.29, 0.717) is 0 Å². The molecule has 1 unspecified atom stereocenters. The molecule has 5 N–H and O–H groups in total. The first-order chi connectivity index (χ1) is 1.73. The molecular weight excluding hydrogens is 106 g/mol. The molecule has 1 atom stereocenters. The average Bonchev–Trinajstić information content (AvgIpc) is 0.811. The third kappa shape index (κ3) is 430. The van der Waals surface area contributed by atoms with Gasteiger partial charge in [0.2, 0.25) is 0 Å². The van der Waals surface area contributed by atoms with Crippen molar-refractivity contribution in [3.05, 3.63) is 0 Å². The molecular formula is H8BO4P. The second-order valence-electron chi connectivity index (χ2n) is 0.346. The van der Waals surface area contributed by atoms with Crippen molar-refractivity contribution >= 4 is 17.2 Å². The topological polar surface area (TPSA) is 92.2 Å². The third-order valence-electron chi connectivity index (χ3n) is 0. The van der Waals surface area contributed by atoms with E-state index in [1.165, 1.54) is 0 Å². The zero-order chi connectivity index (χ0) is 3.58. The van der Waals surface area contributed by atoms with Gasteiger partial charge in [0.1, 0.15) is 0 Å². The summed E-state index contributed by atoms with van der Waals surface area (Å²) in [6.07, 6.45) is 0. The Kier molecular flexibility index (Phi) is 24.4. The van der Waals surface area contributed by atoms with Crippen LogP contribution in [0.1, 0.15) is 0 Å². The van der Waals surface area contributed by atoms with E-state index in [-0.39, 0.29) is 15.4 Å². The summed E-state index contributed by atoms with van der Waals surface area (Å²) in [5.74, 6) is 0. The van der Waals surface area contributed by atoms with E-state index < -0.39 is 7.32 Å². The van der Waals surface area contributed by atoms with E-state index in [1.807, 2.05) is 0 Å². The summed E-state index contributed by atoms with van der Waals surface area (Å²) < 4.78 is 0. The van der Waals surface area contributed by atoms with Crippen molar-refractivity contribution in [2.75, 3.05) is 0 Å². The lowest BCUT2D eigenvalue weighted by Crippen LogP contribution is -2.07. The Balaban J connectivity index is -0.0000000450. The molecule has 0 rings (SSSR count). The summed E-state index contributed by atoms with van der Waals surface area (Å²) in [5.41, 5.74) is 0. The monoisotopic (exact) mass is 114 g/mol. The van der Waals surface area contributed by atoms with E-state index >= 15 is 0 Å². The highest BCUT2D eigenvalue weighted by Crippen LogP contribution is 1.40. The lowest BCUT2D eigenvalue weighted by molar-refractivity contribution is 0.278. The average molecular weight is 114 g/mol. The molecule has 0 saturated heterocycles. The van der Waals surface area contributed by atoms with Crippen LogP contribution in [0.15, 0.2) is 0 Å². The molecule has 40 valence electrons. The maximum atomic E-state index is 7.17. The second-order valence-corrected chi connectivity index (χ2v) is 0.346. The molecule has 4 nitrogen and oxygen atoms in total. The Morgan fingerprint density at radius 2 is 1.00 bits per heavy atom. The highest BCUT2D eigenvalue weighted by molar-refractivity contribution is 6.92. The fourth-order valence-corrected chi connectivity index (χ4v) is 0. The van der Waals surface area contributed by atoms with Gasteiger partial charge in [-0.25, -0.2) is 0 Å². The Labute approximate surface area is 38.9 Å². The molecule has 0 amide bonds. The van der Waals surface area contributed by atoms with Crippen LogP contribution in [-0.4, -0.2) is 27.9 Å². The summed E-state index contributed by atoms with van der Waals surface area (Å²) in [4.78, 5) is 0. The molecule has 0 aromatic heterocycles. The molecule has 0 radical (unpaired) electrons. The Morgan fingerprint density at radius 3 is 1.00 bits per heavy atom. The SMILES string of the molecule is O.OB(O)O.P. The van der Waals surface area contributed by atoms with Gasteiger partial charge in [0.25, 0.3) is 0 Å². The van der Waals surface area contributed by atoms with Crippen LogP contribution >= 0.6 is 9.90 Å². The predicted molar refractivity (Wildman–Crippen MR) is 27.1 cm³/mol. The molecule has 0 aromatic rings. The molecule has 0 heterocycles. The molecule has 0 aromatic carbocycles. The minimum absolute atomic E-state index is 0. The Hall–Kier alpha value is 0.335. The predicted octanol–water partition coefficient (Wildman–Crippen LogP) is -2.82. The molecule has 0 saturated carbocycles. The Bertz CT molecular complexity index is 12.3. The number of hydrogen-bond donors (Lipinski definition) is 3.